The molecule has 0 rings (SSSR count). The van der Waals surface area contributed by atoms with E-state index in [4.69, 9.17) is 15.6 Å². The lowest BCUT2D eigenvalue weighted by atomic mass is 10.2. The lowest BCUT2D eigenvalue weighted by Crippen LogP contribution is -2.25. The fourth-order valence-electron chi connectivity index (χ4n) is 1.20. The van der Waals surface area contributed by atoms with Crippen LogP contribution < -0.4 is 0 Å². The van der Waals surface area contributed by atoms with Crippen LogP contribution >= 0.6 is 0 Å². The summed E-state index contributed by atoms with van der Waals surface area (Å²) in [5.74, 6) is -0.777. The Kier molecular flexibility index (Phi) is 8.03. The molecule has 0 fully saturated rings. The average Bonchev–Trinajstić information content (AvgIpc) is 2.17. The molecule has 0 radical (unpaired) electrons. The summed E-state index contributed by atoms with van der Waals surface area (Å²) in [5.41, 5.74) is 0. The molecule has 5 nitrogen and oxygen atoms in total. The summed E-state index contributed by atoms with van der Waals surface area (Å²) < 4.78 is 0. The first-order valence-electron chi connectivity index (χ1n) is 4.88. The molecule has 0 aromatic carbocycles. The minimum absolute atomic E-state index is 0.191. The van der Waals surface area contributed by atoms with Crippen LogP contribution in [0.1, 0.15) is 25.7 Å². The molecule has 0 aliphatic heterocycles. The Morgan fingerprint density at radius 2 is 1.73 bits per heavy atom. The summed E-state index contributed by atoms with van der Waals surface area (Å²) in [6.07, 6.45) is 2.50. The van der Waals surface area contributed by atoms with Crippen molar-refractivity contribution in [2.24, 2.45) is 0 Å². The normalized spacial score (nSPS) is 9.53. The van der Waals surface area contributed by atoms with Gasteiger partial charge in [-0.25, -0.2) is 0 Å². The molecule has 0 saturated heterocycles. The molecule has 1 N–H and O–H groups in total. The molecule has 0 aliphatic carbocycles. The van der Waals surface area contributed by atoms with E-state index in [1.165, 1.54) is 0 Å². The Bertz CT molecular complexity index is 249. The molecule has 0 bridgehead atoms. The zero-order valence-electron chi connectivity index (χ0n) is 8.65. The molecule has 0 aromatic rings. The van der Waals surface area contributed by atoms with Crippen molar-refractivity contribution in [3.05, 3.63) is 0 Å². The van der Waals surface area contributed by atoms with Crippen molar-refractivity contribution >= 4 is 5.97 Å². The topological polar surface area (TPSA) is 88.1 Å². The molecular weight excluding hydrogens is 194 g/mol. The van der Waals surface area contributed by atoms with Crippen molar-refractivity contribution in [2.75, 3.05) is 19.6 Å². The van der Waals surface area contributed by atoms with Gasteiger partial charge in [-0.15, -0.1) is 0 Å². The molecule has 15 heavy (non-hydrogen) atoms. The Morgan fingerprint density at radius 1 is 1.13 bits per heavy atom. The van der Waals surface area contributed by atoms with Crippen LogP contribution in [0.25, 0.3) is 0 Å². The van der Waals surface area contributed by atoms with Gasteiger partial charge >= 0.3 is 5.97 Å². The van der Waals surface area contributed by atoms with Crippen molar-refractivity contribution in [2.45, 2.75) is 25.7 Å². The molecule has 0 heterocycles. The quantitative estimate of drug-likeness (QED) is 0.475. The summed E-state index contributed by atoms with van der Waals surface area (Å²) in [5, 5.41) is 25.3. The highest BCUT2D eigenvalue weighted by Gasteiger charge is 2.03. The van der Waals surface area contributed by atoms with Gasteiger partial charge in [-0.05, 0) is 12.8 Å². The number of hydrogen-bond acceptors (Lipinski definition) is 4. The van der Waals surface area contributed by atoms with Gasteiger partial charge in [0.15, 0.2) is 0 Å². The SMILES string of the molecule is N#CCN(CC#N)CCCCCC(=O)O. The zero-order chi connectivity index (χ0) is 11.5. The second kappa shape index (κ2) is 8.98. The van der Waals surface area contributed by atoms with E-state index >= 15 is 0 Å². The fourth-order valence-corrected chi connectivity index (χ4v) is 1.20. The van der Waals surface area contributed by atoms with E-state index in [1.807, 2.05) is 12.1 Å². The van der Waals surface area contributed by atoms with E-state index in [1.54, 1.807) is 4.90 Å². The lowest BCUT2D eigenvalue weighted by molar-refractivity contribution is -0.137. The Morgan fingerprint density at radius 3 is 2.20 bits per heavy atom. The average molecular weight is 209 g/mol. The monoisotopic (exact) mass is 209 g/mol. The number of carboxylic acids is 1. The maximum Gasteiger partial charge on any atom is 0.303 e. The van der Waals surface area contributed by atoms with Gasteiger partial charge in [0.05, 0.1) is 25.2 Å². The van der Waals surface area contributed by atoms with Crippen LogP contribution in [0.3, 0.4) is 0 Å². The highest BCUT2D eigenvalue weighted by molar-refractivity contribution is 5.66. The second-order valence-corrected chi connectivity index (χ2v) is 3.23. The van der Waals surface area contributed by atoms with Gasteiger partial charge in [-0.2, -0.15) is 10.5 Å². The van der Waals surface area contributed by atoms with E-state index in [0.29, 0.717) is 13.0 Å². The molecule has 0 amide bonds. The number of unbranched alkanes of at least 4 members (excludes halogenated alkanes) is 2. The second-order valence-electron chi connectivity index (χ2n) is 3.23. The Hall–Kier alpha value is -1.59. The van der Waals surface area contributed by atoms with Crippen molar-refractivity contribution < 1.29 is 9.90 Å². The van der Waals surface area contributed by atoms with Gasteiger partial charge in [0.25, 0.3) is 0 Å². The van der Waals surface area contributed by atoms with Gasteiger partial charge in [0.2, 0.25) is 0 Å². The summed E-state index contributed by atoms with van der Waals surface area (Å²) in [7, 11) is 0. The first-order valence-corrected chi connectivity index (χ1v) is 4.88. The van der Waals surface area contributed by atoms with Crippen LogP contribution in [0.4, 0.5) is 0 Å². The van der Waals surface area contributed by atoms with E-state index in [2.05, 4.69) is 0 Å². The van der Waals surface area contributed by atoms with Crippen LogP contribution in [0.2, 0.25) is 0 Å². The standard InChI is InChI=1S/C10H15N3O2/c11-5-8-13(9-6-12)7-3-1-2-4-10(14)15/h1-4,7-9H2,(H,14,15). The smallest absolute Gasteiger partial charge is 0.303 e. The van der Waals surface area contributed by atoms with E-state index < -0.39 is 5.97 Å². The lowest BCUT2D eigenvalue weighted by Gasteiger charge is -2.14. The van der Waals surface area contributed by atoms with Gasteiger partial charge < -0.3 is 5.11 Å². The van der Waals surface area contributed by atoms with Crippen molar-refractivity contribution in [3.8, 4) is 12.1 Å². The molecule has 0 unspecified atom stereocenters. The van der Waals surface area contributed by atoms with E-state index in [0.717, 1.165) is 12.8 Å². The minimum atomic E-state index is -0.777. The fraction of sp³-hybridized carbons (Fsp3) is 0.700. The van der Waals surface area contributed by atoms with E-state index in [-0.39, 0.29) is 19.5 Å². The van der Waals surface area contributed by atoms with E-state index in [9.17, 15) is 4.79 Å². The Labute approximate surface area is 89.5 Å². The van der Waals surface area contributed by atoms with Crippen LogP contribution in [0.15, 0.2) is 0 Å². The number of carboxylic acid groups (broad SMARTS) is 1. The third-order valence-electron chi connectivity index (χ3n) is 1.95. The maximum absolute atomic E-state index is 10.2. The molecule has 0 atom stereocenters. The largest absolute Gasteiger partial charge is 0.481 e. The van der Waals surface area contributed by atoms with Crippen molar-refractivity contribution in [3.63, 3.8) is 0 Å². The Balaban J connectivity index is 3.50. The number of rotatable bonds is 8. The summed E-state index contributed by atoms with van der Waals surface area (Å²) in [4.78, 5) is 12.0. The summed E-state index contributed by atoms with van der Waals surface area (Å²) >= 11 is 0. The number of nitrogens with zero attached hydrogens (tertiary/aromatic N) is 3. The molecule has 5 heteroatoms. The molecule has 0 spiro atoms. The number of aliphatic carboxylic acids is 1. The highest BCUT2D eigenvalue weighted by atomic mass is 16.4. The maximum atomic E-state index is 10.2. The predicted molar refractivity (Wildman–Crippen MR) is 53.8 cm³/mol. The van der Waals surface area contributed by atoms with Crippen LogP contribution in [0.5, 0.6) is 0 Å². The molecule has 0 aliphatic rings. The zero-order valence-corrected chi connectivity index (χ0v) is 8.65. The van der Waals surface area contributed by atoms with Gasteiger partial charge in [-0.3, -0.25) is 9.69 Å². The number of carbonyl (C=O) groups is 1. The number of hydrogen-bond donors (Lipinski definition) is 1. The van der Waals surface area contributed by atoms with Crippen LogP contribution in [0, 0.1) is 22.7 Å². The molecular formula is C10H15N3O2. The van der Waals surface area contributed by atoms with Crippen LogP contribution in [-0.2, 0) is 4.79 Å². The van der Waals surface area contributed by atoms with Gasteiger partial charge in [0.1, 0.15) is 0 Å². The third-order valence-corrected chi connectivity index (χ3v) is 1.95. The van der Waals surface area contributed by atoms with Crippen molar-refractivity contribution in [1.82, 2.24) is 4.90 Å². The first-order chi connectivity index (χ1) is 7.20. The first kappa shape index (κ1) is 13.4. The van der Waals surface area contributed by atoms with Gasteiger partial charge in [-0.1, -0.05) is 6.42 Å². The predicted octanol–water partition coefficient (Wildman–Crippen LogP) is 0.981. The molecule has 82 valence electrons. The molecule has 0 saturated carbocycles. The van der Waals surface area contributed by atoms with Crippen LogP contribution in [-0.4, -0.2) is 35.6 Å². The molecule has 0 aromatic heterocycles. The minimum Gasteiger partial charge on any atom is -0.481 e. The van der Waals surface area contributed by atoms with Crippen molar-refractivity contribution in [1.29, 1.82) is 10.5 Å². The summed E-state index contributed by atoms with van der Waals surface area (Å²) in [6.45, 7) is 1.19. The highest BCUT2D eigenvalue weighted by Crippen LogP contribution is 2.01. The summed E-state index contributed by atoms with van der Waals surface area (Å²) in [6, 6.07) is 3.98. The number of nitriles is 2. The third kappa shape index (κ3) is 8.73. The van der Waals surface area contributed by atoms with Gasteiger partial charge in [0, 0.05) is 13.0 Å².